The van der Waals surface area contributed by atoms with Gasteiger partial charge in [-0.2, -0.15) is 0 Å². The third-order valence-electron chi connectivity index (χ3n) is 5.04. The molecular weight excluding hydrogens is 383 g/mol. The normalized spacial score (nSPS) is 11.0. The number of benzene rings is 2. The van der Waals surface area contributed by atoms with Crippen LogP contribution in [0.2, 0.25) is 0 Å². The van der Waals surface area contributed by atoms with Gasteiger partial charge in [0.15, 0.2) is 0 Å². The van der Waals surface area contributed by atoms with Crippen molar-refractivity contribution < 1.29 is 13.6 Å². The van der Waals surface area contributed by atoms with Crippen LogP contribution in [-0.4, -0.2) is 15.8 Å². The number of furan rings is 1. The maximum atomic E-state index is 13.3. The summed E-state index contributed by atoms with van der Waals surface area (Å²) >= 11 is 0. The quantitative estimate of drug-likeness (QED) is 0.523. The zero-order chi connectivity index (χ0) is 21.3. The summed E-state index contributed by atoms with van der Waals surface area (Å²) in [6.45, 7) is 4.23. The van der Waals surface area contributed by atoms with Gasteiger partial charge in [-0.15, -0.1) is 0 Å². The Morgan fingerprint density at radius 1 is 1.07 bits per heavy atom. The van der Waals surface area contributed by atoms with Crippen LogP contribution in [0.5, 0.6) is 0 Å². The number of pyridine rings is 1. The monoisotopic (exact) mass is 404 g/mol. The molecule has 2 aromatic carbocycles. The van der Waals surface area contributed by atoms with Gasteiger partial charge in [-0.05, 0) is 73.3 Å². The number of halogens is 1. The topological polar surface area (TPSA) is 66.3 Å². The first kappa shape index (κ1) is 19.6. The van der Waals surface area contributed by atoms with E-state index >= 15 is 0 Å². The number of hydrogen-bond donors (Lipinski definition) is 1. The molecule has 0 spiro atoms. The molecule has 5 nitrogen and oxygen atoms in total. The zero-order valence-electron chi connectivity index (χ0n) is 16.7. The van der Waals surface area contributed by atoms with Crippen molar-refractivity contribution in [2.24, 2.45) is 0 Å². The van der Waals surface area contributed by atoms with E-state index in [9.17, 15) is 14.0 Å². The van der Waals surface area contributed by atoms with E-state index in [0.29, 0.717) is 16.9 Å². The lowest BCUT2D eigenvalue weighted by atomic mass is 10.0. The molecule has 4 rings (SSSR count). The Morgan fingerprint density at radius 2 is 1.83 bits per heavy atom. The maximum absolute atomic E-state index is 13.3. The second-order valence-corrected chi connectivity index (χ2v) is 7.42. The van der Waals surface area contributed by atoms with Crippen LogP contribution in [0.1, 0.15) is 32.8 Å². The summed E-state index contributed by atoms with van der Waals surface area (Å²) in [5.41, 5.74) is 3.43. The van der Waals surface area contributed by atoms with Gasteiger partial charge in [-0.3, -0.25) is 9.59 Å². The van der Waals surface area contributed by atoms with Crippen molar-refractivity contribution >= 4 is 16.8 Å². The molecular formula is C24H21FN2O3. The van der Waals surface area contributed by atoms with Crippen molar-refractivity contribution in [1.29, 1.82) is 0 Å². The third-order valence-corrected chi connectivity index (χ3v) is 5.04. The van der Waals surface area contributed by atoms with E-state index in [1.165, 1.54) is 35.4 Å². The Kier molecular flexibility index (Phi) is 5.23. The molecule has 152 valence electrons. The highest BCUT2D eigenvalue weighted by atomic mass is 19.1. The molecule has 6 heteroatoms. The SMILES string of the molecule is Cc1cc(C)c2[nH]c(=O)c(CN(Cc3ccco3)C(=O)c3ccc(F)cc3)cc2c1. The number of carbonyl (C=O) groups is 1. The Hall–Kier alpha value is -3.67. The van der Waals surface area contributed by atoms with Gasteiger partial charge >= 0.3 is 0 Å². The number of rotatable bonds is 5. The van der Waals surface area contributed by atoms with Gasteiger partial charge in [0.2, 0.25) is 0 Å². The van der Waals surface area contributed by atoms with Crippen LogP contribution in [0, 0.1) is 19.7 Å². The van der Waals surface area contributed by atoms with Crippen LogP contribution >= 0.6 is 0 Å². The summed E-state index contributed by atoms with van der Waals surface area (Å²) in [5, 5.41) is 0.911. The van der Waals surface area contributed by atoms with Crippen molar-refractivity contribution in [2.75, 3.05) is 0 Å². The molecule has 30 heavy (non-hydrogen) atoms. The van der Waals surface area contributed by atoms with E-state index in [1.54, 1.807) is 12.1 Å². The smallest absolute Gasteiger partial charge is 0.254 e. The molecule has 0 bridgehead atoms. The van der Waals surface area contributed by atoms with Crippen molar-refractivity contribution in [3.8, 4) is 0 Å². The molecule has 0 atom stereocenters. The second-order valence-electron chi connectivity index (χ2n) is 7.42. The average Bonchev–Trinajstić information content (AvgIpc) is 3.22. The van der Waals surface area contributed by atoms with E-state index in [4.69, 9.17) is 4.42 Å². The molecule has 0 fully saturated rings. The number of H-pyrrole nitrogens is 1. The number of amides is 1. The molecule has 0 radical (unpaired) electrons. The molecule has 0 aliphatic rings. The minimum atomic E-state index is -0.416. The van der Waals surface area contributed by atoms with Crippen LogP contribution in [0.4, 0.5) is 4.39 Å². The summed E-state index contributed by atoms with van der Waals surface area (Å²) in [6.07, 6.45) is 1.53. The summed E-state index contributed by atoms with van der Waals surface area (Å²) in [4.78, 5) is 30.3. The molecule has 2 heterocycles. The van der Waals surface area contributed by atoms with Gasteiger partial charge in [0.25, 0.3) is 11.5 Å². The molecule has 0 saturated carbocycles. The van der Waals surface area contributed by atoms with Crippen LogP contribution in [0.15, 0.2) is 70.1 Å². The highest BCUT2D eigenvalue weighted by Gasteiger charge is 2.20. The minimum Gasteiger partial charge on any atom is -0.467 e. The van der Waals surface area contributed by atoms with E-state index in [2.05, 4.69) is 4.98 Å². The predicted molar refractivity (Wildman–Crippen MR) is 113 cm³/mol. The molecule has 0 unspecified atom stereocenters. The predicted octanol–water partition coefficient (Wildman–Crippen LogP) is 4.72. The van der Waals surface area contributed by atoms with Crippen molar-refractivity contribution in [3.05, 3.63) is 105 Å². The van der Waals surface area contributed by atoms with Gasteiger partial charge in [-0.1, -0.05) is 11.6 Å². The van der Waals surface area contributed by atoms with Gasteiger partial charge in [0.05, 0.1) is 24.9 Å². The number of nitrogens with one attached hydrogen (secondary N) is 1. The van der Waals surface area contributed by atoms with E-state index in [0.717, 1.165) is 22.0 Å². The summed E-state index contributed by atoms with van der Waals surface area (Å²) in [7, 11) is 0. The minimum absolute atomic E-state index is 0.0924. The van der Waals surface area contributed by atoms with Gasteiger partial charge in [-0.25, -0.2) is 4.39 Å². The van der Waals surface area contributed by atoms with Crippen LogP contribution in [-0.2, 0) is 13.1 Å². The largest absolute Gasteiger partial charge is 0.467 e. The number of aryl methyl sites for hydroxylation is 2. The number of aromatic amines is 1. The van der Waals surface area contributed by atoms with Crippen LogP contribution in [0.25, 0.3) is 10.9 Å². The Labute approximate surface area is 172 Å². The fraction of sp³-hybridized carbons (Fsp3) is 0.167. The third kappa shape index (κ3) is 4.03. The van der Waals surface area contributed by atoms with Crippen molar-refractivity contribution in [3.63, 3.8) is 0 Å². The zero-order valence-corrected chi connectivity index (χ0v) is 16.7. The Morgan fingerprint density at radius 3 is 2.53 bits per heavy atom. The van der Waals surface area contributed by atoms with E-state index < -0.39 is 5.82 Å². The number of fused-ring (bicyclic) bond motifs is 1. The lowest BCUT2D eigenvalue weighted by Gasteiger charge is -2.22. The van der Waals surface area contributed by atoms with E-state index in [1.807, 2.05) is 32.0 Å². The molecule has 4 aromatic rings. The molecule has 0 saturated heterocycles. The van der Waals surface area contributed by atoms with Crippen LogP contribution < -0.4 is 5.56 Å². The number of nitrogens with zero attached hydrogens (tertiary/aromatic N) is 1. The number of carbonyl (C=O) groups excluding carboxylic acids is 1. The van der Waals surface area contributed by atoms with Crippen molar-refractivity contribution in [1.82, 2.24) is 9.88 Å². The number of hydrogen-bond acceptors (Lipinski definition) is 3. The first-order valence-electron chi connectivity index (χ1n) is 9.61. The highest BCUT2D eigenvalue weighted by Crippen LogP contribution is 2.20. The lowest BCUT2D eigenvalue weighted by Crippen LogP contribution is -2.32. The van der Waals surface area contributed by atoms with Gasteiger partial charge in [0, 0.05) is 11.1 Å². The first-order valence-corrected chi connectivity index (χ1v) is 9.61. The Bertz CT molecular complexity index is 1260. The summed E-state index contributed by atoms with van der Waals surface area (Å²) < 4.78 is 18.7. The molecule has 0 aliphatic heterocycles. The van der Waals surface area contributed by atoms with Crippen LogP contribution in [0.3, 0.4) is 0 Å². The molecule has 0 aliphatic carbocycles. The molecule has 2 aromatic heterocycles. The van der Waals surface area contributed by atoms with E-state index in [-0.39, 0.29) is 24.6 Å². The van der Waals surface area contributed by atoms with Gasteiger partial charge in [0.1, 0.15) is 11.6 Å². The number of aromatic nitrogens is 1. The summed E-state index contributed by atoms with van der Waals surface area (Å²) in [6, 6.07) is 14.7. The maximum Gasteiger partial charge on any atom is 0.254 e. The highest BCUT2D eigenvalue weighted by molar-refractivity contribution is 5.94. The Balaban J connectivity index is 1.72. The second kappa shape index (κ2) is 7.99. The summed E-state index contributed by atoms with van der Waals surface area (Å²) in [5.74, 6) is -0.137. The van der Waals surface area contributed by atoms with Gasteiger partial charge < -0.3 is 14.3 Å². The lowest BCUT2D eigenvalue weighted by molar-refractivity contribution is 0.0717. The van der Waals surface area contributed by atoms with Crippen molar-refractivity contribution in [2.45, 2.75) is 26.9 Å². The average molecular weight is 404 g/mol. The standard InChI is InChI=1S/C24H21FN2O3/c1-15-10-16(2)22-18(11-15)12-19(23(28)26-22)13-27(14-21-4-3-9-30-21)24(29)17-5-7-20(25)8-6-17/h3-12H,13-14H2,1-2H3,(H,26,28). The first-order chi connectivity index (χ1) is 14.4. The fourth-order valence-corrected chi connectivity index (χ4v) is 3.62. The molecule has 1 N–H and O–H groups in total. The fourth-order valence-electron chi connectivity index (χ4n) is 3.62. The molecule has 1 amide bonds.